The summed E-state index contributed by atoms with van der Waals surface area (Å²) in [4.78, 5) is 0. The second-order valence-electron chi connectivity index (χ2n) is 1.82. The van der Waals surface area contributed by atoms with Gasteiger partial charge in [0.1, 0.15) is 14.5 Å². The van der Waals surface area contributed by atoms with Gasteiger partial charge in [0.15, 0.2) is 0 Å². The highest BCUT2D eigenvalue weighted by Crippen LogP contribution is 2.44. The molecule has 1 aromatic rings. The molecule has 10 heavy (non-hydrogen) atoms. The monoisotopic (exact) mass is 188 g/mol. The summed E-state index contributed by atoms with van der Waals surface area (Å²) in [5, 5.41) is 0.938. The molecule has 1 rings (SSSR count). The van der Waals surface area contributed by atoms with Gasteiger partial charge in [-0.25, -0.2) is 0 Å². The molecule has 0 bridgehead atoms. The van der Waals surface area contributed by atoms with E-state index in [2.05, 4.69) is 0 Å². The van der Waals surface area contributed by atoms with Crippen molar-refractivity contribution >= 4 is 47.7 Å². The van der Waals surface area contributed by atoms with Crippen LogP contribution in [0.3, 0.4) is 0 Å². The van der Waals surface area contributed by atoms with Crippen LogP contribution >= 0.6 is 29.1 Å². The van der Waals surface area contributed by atoms with Crippen molar-refractivity contribution in [3.63, 3.8) is 0 Å². The molecule has 0 saturated heterocycles. The van der Waals surface area contributed by atoms with Crippen LogP contribution in [0.1, 0.15) is 0 Å². The molecule has 0 fully saturated rings. The van der Waals surface area contributed by atoms with Gasteiger partial charge in [0.25, 0.3) is 0 Å². The van der Waals surface area contributed by atoms with Gasteiger partial charge in [-0.1, -0.05) is 52.2 Å². The maximum Gasteiger partial charge on any atom is 0.116 e. The molecule has 0 aromatic heterocycles. The molecule has 0 amide bonds. The molecule has 0 saturated carbocycles. The highest BCUT2D eigenvalue weighted by Gasteiger charge is 2.00. The molecule has 0 aliphatic carbocycles. The largest absolute Gasteiger partial charge is 0.116 e. The number of hydrogen-bond acceptors (Lipinski definition) is 0. The van der Waals surface area contributed by atoms with Crippen molar-refractivity contribution in [1.29, 1.82) is 0 Å². The first-order valence-electron chi connectivity index (χ1n) is 2.67. The highest BCUT2D eigenvalue weighted by molar-refractivity contribution is 8.08. The van der Waals surface area contributed by atoms with Gasteiger partial charge >= 0.3 is 0 Å². The minimum absolute atomic E-state index is 0.730. The van der Waals surface area contributed by atoms with Crippen LogP contribution in [-0.4, -0.2) is 7.85 Å². The molecule has 0 unspecified atom stereocenters. The third-order valence-corrected chi connectivity index (χ3v) is 2.95. The van der Waals surface area contributed by atoms with Crippen LogP contribution in [0.4, 0.5) is 0 Å². The SMILES string of the molecule is [B]c1ccc(P(Cl)Cl)cc1. The first-order chi connectivity index (χ1) is 4.70. The van der Waals surface area contributed by atoms with Crippen molar-refractivity contribution < 1.29 is 0 Å². The van der Waals surface area contributed by atoms with E-state index in [4.69, 9.17) is 30.3 Å². The number of halogens is 2. The summed E-state index contributed by atoms with van der Waals surface area (Å²) in [5.41, 5.74) is 0.730. The second-order valence-corrected chi connectivity index (χ2v) is 5.35. The Hall–Kier alpha value is 0.295. The molecule has 2 radical (unpaired) electrons. The Morgan fingerprint density at radius 1 is 1.10 bits per heavy atom. The fraction of sp³-hybridized carbons (Fsp3) is 0. The van der Waals surface area contributed by atoms with Crippen LogP contribution in [0.2, 0.25) is 0 Å². The summed E-state index contributed by atoms with van der Waals surface area (Å²) >= 11 is 11.3. The zero-order chi connectivity index (χ0) is 7.56. The smallest absolute Gasteiger partial charge is 0.0966 e. The number of rotatable bonds is 1. The number of benzene rings is 1. The zero-order valence-corrected chi connectivity index (χ0v) is 7.50. The normalized spacial score (nSPS) is 10.3. The van der Waals surface area contributed by atoms with Gasteiger partial charge in [0.2, 0.25) is 0 Å². The Kier molecular flexibility index (Phi) is 3.04. The van der Waals surface area contributed by atoms with E-state index >= 15 is 0 Å². The number of hydrogen-bond donors (Lipinski definition) is 0. The standard InChI is InChI=1S/C6H4BCl2P/c7-5-1-3-6(4-2-5)10(8)9/h1-4H. The van der Waals surface area contributed by atoms with E-state index in [1.807, 2.05) is 12.1 Å². The Labute approximate surface area is 72.3 Å². The van der Waals surface area contributed by atoms with Crippen LogP contribution in [0.5, 0.6) is 0 Å². The highest BCUT2D eigenvalue weighted by atomic mass is 35.9. The summed E-state index contributed by atoms with van der Waals surface area (Å²) in [6.45, 7) is -1.02. The van der Waals surface area contributed by atoms with E-state index < -0.39 is 6.63 Å². The van der Waals surface area contributed by atoms with E-state index in [-0.39, 0.29) is 0 Å². The summed E-state index contributed by atoms with van der Waals surface area (Å²) in [6.07, 6.45) is 0. The molecular formula is C6H4BCl2P. The lowest BCUT2D eigenvalue weighted by atomic mass is 9.97. The van der Waals surface area contributed by atoms with Crippen LogP contribution in [0, 0.1) is 0 Å². The first-order valence-corrected chi connectivity index (χ1v) is 5.82. The average molecular weight is 189 g/mol. The summed E-state index contributed by atoms with van der Waals surface area (Å²) in [5.74, 6) is 0. The third-order valence-electron chi connectivity index (χ3n) is 1.09. The lowest BCUT2D eigenvalue weighted by Crippen LogP contribution is -2.04. The van der Waals surface area contributed by atoms with Gasteiger partial charge in [-0.2, -0.15) is 0 Å². The van der Waals surface area contributed by atoms with Gasteiger partial charge < -0.3 is 0 Å². The maximum absolute atomic E-state index is 5.64. The Morgan fingerprint density at radius 3 is 2.00 bits per heavy atom. The molecule has 0 aliphatic heterocycles. The van der Waals surface area contributed by atoms with Crippen LogP contribution in [-0.2, 0) is 0 Å². The topological polar surface area (TPSA) is 0 Å². The lowest BCUT2D eigenvalue weighted by Gasteiger charge is -1.99. The molecule has 0 aliphatic rings. The van der Waals surface area contributed by atoms with Crippen LogP contribution in [0.25, 0.3) is 0 Å². The predicted octanol–water partition coefficient (Wildman–Crippen LogP) is 1.90. The molecule has 0 nitrogen and oxygen atoms in total. The predicted molar refractivity (Wildman–Crippen MR) is 50.1 cm³/mol. The van der Waals surface area contributed by atoms with E-state index in [0.717, 1.165) is 10.8 Å². The van der Waals surface area contributed by atoms with Crippen molar-refractivity contribution in [2.24, 2.45) is 0 Å². The Balaban J connectivity index is 2.89. The Morgan fingerprint density at radius 2 is 1.60 bits per heavy atom. The first kappa shape index (κ1) is 8.39. The maximum atomic E-state index is 5.64. The molecular weight excluding hydrogens is 185 g/mol. The lowest BCUT2D eigenvalue weighted by molar-refractivity contribution is 1.85. The van der Waals surface area contributed by atoms with E-state index in [9.17, 15) is 0 Å². The average Bonchev–Trinajstić information content (AvgIpc) is 1.88. The zero-order valence-electron chi connectivity index (χ0n) is 5.09. The molecule has 0 N–H and O–H groups in total. The summed E-state index contributed by atoms with van der Waals surface area (Å²) in [6, 6.07) is 7.24. The third kappa shape index (κ3) is 2.16. The van der Waals surface area contributed by atoms with Gasteiger partial charge in [0, 0.05) is 5.30 Å². The second kappa shape index (κ2) is 3.62. The van der Waals surface area contributed by atoms with Crippen LogP contribution < -0.4 is 10.8 Å². The quantitative estimate of drug-likeness (QED) is 0.467. The molecule has 4 heteroatoms. The van der Waals surface area contributed by atoms with E-state index in [1.54, 1.807) is 12.1 Å². The Bertz CT molecular complexity index is 209. The van der Waals surface area contributed by atoms with Gasteiger partial charge in [0.05, 0.1) is 0 Å². The molecule has 0 atom stereocenters. The molecule has 0 spiro atoms. The van der Waals surface area contributed by atoms with Crippen molar-refractivity contribution in [1.82, 2.24) is 0 Å². The molecule has 1 aromatic carbocycles. The van der Waals surface area contributed by atoms with E-state index in [0.29, 0.717) is 0 Å². The fourth-order valence-corrected chi connectivity index (χ4v) is 1.64. The van der Waals surface area contributed by atoms with Crippen molar-refractivity contribution in [2.45, 2.75) is 0 Å². The van der Waals surface area contributed by atoms with E-state index in [1.165, 1.54) is 0 Å². The van der Waals surface area contributed by atoms with Crippen molar-refractivity contribution in [2.75, 3.05) is 0 Å². The summed E-state index contributed by atoms with van der Waals surface area (Å²) in [7, 11) is 5.45. The minimum Gasteiger partial charge on any atom is -0.0966 e. The van der Waals surface area contributed by atoms with Crippen LogP contribution in [0.15, 0.2) is 24.3 Å². The van der Waals surface area contributed by atoms with Gasteiger partial charge in [-0.15, -0.1) is 0 Å². The molecule has 0 heterocycles. The van der Waals surface area contributed by atoms with Crippen molar-refractivity contribution in [3.05, 3.63) is 24.3 Å². The molecule has 50 valence electrons. The fourth-order valence-electron chi connectivity index (χ4n) is 0.587. The van der Waals surface area contributed by atoms with Gasteiger partial charge in [-0.3, -0.25) is 0 Å². The summed E-state index contributed by atoms with van der Waals surface area (Å²) < 4.78 is 0. The minimum atomic E-state index is -1.02. The van der Waals surface area contributed by atoms with Crippen molar-refractivity contribution in [3.8, 4) is 0 Å². The van der Waals surface area contributed by atoms with Gasteiger partial charge in [-0.05, 0) is 0 Å².